The van der Waals surface area contributed by atoms with Crippen molar-refractivity contribution in [1.29, 1.82) is 0 Å². The minimum Gasteiger partial charge on any atom is -0.360 e. The maximum atomic E-state index is 4.39. The zero-order valence-corrected chi connectivity index (χ0v) is 11.7. The molecule has 0 aliphatic heterocycles. The Morgan fingerprint density at radius 1 is 1.28 bits per heavy atom. The lowest BCUT2D eigenvalue weighted by Gasteiger charge is -2.11. The van der Waals surface area contributed by atoms with Crippen molar-refractivity contribution in [1.82, 2.24) is 9.36 Å². The van der Waals surface area contributed by atoms with Crippen molar-refractivity contribution in [2.24, 2.45) is 0 Å². The van der Waals surface area contributed by atoms with E-state index in [1.165, 1.54) is 17.1 Å². The van der Waals surface area contributed by atoms with Gasteiger partial charge in [-0.3, -0.25) is 0 Å². The number of hydrogen-bond acceptors (Lipinski definition) is 4. The lowest BCUT2D eigenvalue weighted by molar-refractivity contribution is 0.705. The SMILES string of the molecule is CCc1nsc(NCCC(C)c2ccccc2)n1. The summed E-state index contributed by atoms with van der Waals surface area (Å²) in [6.07, 6.45) is 2.00. The summed E-state index contributed by atoms with van der Waals surface area (Å²) in [4.78, 5) is 4.39. The monoisotopic (exact) mass is 261 g/mol. The zero-order chi connectivity index (χ0) is 12.8. The van der Waals surface area contributed by atoms with Crippen LogP contribution in [0.2, 0.25) is 0 Å². The molecule has 0 saturated carbocycles. The number of rotatable bonds is 6. The predicted octanol–water partition coefficient (Wildman–Crippen LogP) is 3.71. The van der Waals surface area contributed by atoms with E-state index in [1.54, 1.807) is 0 Å². The Hall–Kier alpha value is -1.42. The molecule has 4 heteroatoms. The number of aryl methyl sites for hydroxylation is 1. The predicted molar refractivity (Wildman–Crippen MR) is 77.3 cm³/mol. The van der Waals surface area contributed by atoms with Crippen molar-refractivity contribution >= 4 is 16.7 Å². The first-order valence-electron chi connectivity index (χ1n) is 6.41. The van der Waals surface area contributed by atoms with Gasteiger partial charge >= 0.3 is 0 Å². The summed E-state index contributed by atoms with van der Waals surface area (Å²) < 4.78 is 4.26. The molecular formula is C14H19N3S. The van der Waals surface area contributed by atoms with Gasteiger partial charge in [-0.15, -0.1) is 0 Å². The first kappa shape index (κ1) is 13.0. The highest BCUT2D eigenvalue weighted by Crippen LogP contribution is 2.19. The fourth-order valence-corrected chi connectivity index (χ4v) is 2.49. The first-order valence-corrected chi connectivity index (χ1v) is 7.18. The number of nitrogens with one attached hydrogen (secondary N) is 1. The first-order chi connectivity index (χ1) is 8.79. The second-order valence-electron chi connectivity index (χ2n) is 4.40. The topological polar surface area (TPSA) is 37.8 Å². The number of aromatic nitrogens is 2. The van der Waals surface area contributed by atoms with Crippen molar-refractivity contribution < 1.29 is 0 Å². The molecule has 3 nitrogen and oxygen atoms in total. The quantitative estimate of drug-likeness (QED) is 0.861. The molecule has 0 aliphatic carbocycles. The summed E-state index contributed by atoms with van der Waals surface area (Å²) in [5.41, 5.74) is 1.39. The van der Waals surface area contributed by atoms with Gasteiger partial charge in [-0.1, -0.05) is 44.2 Å². The van der Waals surface area contributed by atoms with Gasteiger partial charge in [0.15, 0.2) is 0 Å². The van der Waals surface area contributed by atoms with Crippen molar-refractivity contribution in [3.8, 4) is 0 Å². The third-order valence-corrected chi connectivity index (χ3v) is 3.72. The van der Waals surface area contributed by atoms with E-state index in [9.17, 15) is 0 Å². The normalized spacial score (nSPS) is 12.3. The highest BCUT2D eigenvalue weighted by molar-refractivity contribution is 7.09. The molecular weight excluding hydrogens is 242 g/mol. The Balaban J connectivity index is 1.78. The Morgan fingerprint density at radius 3 is 2.72 bits per heavy atom. The van der Waals surface area contributed by atoms with Gasteiger partial charge in [0.2, 0.25) is 5.13 Å². The number of anilines is 1. The number of nitrogens with zero attached hydrogens (tertiary/aromatic N) is 2. The second-order valence-corrected chi connectivity index (χ2v) is 5.15. The molecule has 1 aromatic carbocycles. The van der Waals surface area contributed by atoms with E-state index in [0.717, 1.165) is 30.3 Å². The zero-order valence-electron chi connectivity index (χ0n) is 10.9. The van der Waals surface area contributed by atoms with Crippen LogP contribution in [0.3, 0.4) is 0 Å². The summed E-state index contributed by atoms with van der Waals surface area (Å²) >= 11 is 1.45. The molecule has 1 N–H and O–H groups in total. The van der Waals surface area contributed by atoms with Gasteiger partial charge in [0, 0.05) is 24.5 Å². The van der Waals surface area contributed by atoms with Crippen LogP contribution in [0.25, 0.3) is 0 Å². The van der Waals surface area contributed by atoms with Gasteiger partial charge in [-0.25, -0.2) is 4.98 Å². The van der Waals surface area contributed by atoms with Crippen LogP contribution in [0.15, 0.2) is 30.3 Å². The van der Waals surface area contributed by atoms with Crippen molar-refractivity contribution in [3.05, 3.63) is 41.7 Å². The molecule has 96 valence electrons. The Labute approximate surface area is 112 Å². The van der Waals surface area contributed by atoms with E-state index in [0.29, 0.717) is 5.92 Å². The molecule has 0 bridgehead atoms. The average Bonchev–Trinajstić information content (AvgIpc) is 2.87. The highest BCUT2D eigenvalue weighted by Gasteiger charge is 2.05. The maximum absolute atomic E-state index is 4.39. The Kier molecular flexibility index (Phi) is 4.70. The van der Waals surface area contributed by atoms with Crippen molar-refractivity contribution in [2.45, 2.75) is 32.6 Å². The molecule has 0 aliphatic rings. The van der Waals surface area contributed by atoms with Crippen LogP contribution in [-0.2, 0) is 6.42 Å². The van der Waals surface area contributed by atoms with E-state index in [1.807, 2.05) is 0 Å². The van der Waals surface area contributed by atoms with E-state index >= 15 is 0 Å². The molecule has 0 radical (unpaired) electrons. The summed E-state index contributed by atoms with van der Waals surface area (Å²) in [5, 5.41) is 4.28. The van der Waals surface area contributed by atoms with Crippen LogP contribution < -0.4 is 5.32 Å². The maximum Gasteiger partial charge on any atom is 0.202 e. The summed E-state index contributed by atoms with van der Waals surface area (Å²) in [5.74, 6) is 1.50. The van der Waals surface area contributed by atoms with E-state index < -0.39 is 0 Å². The Morgan fingerprint density at radius 2 is 2.06 bits per heavy atom. The molecule has 0 fully saturated rings. The number of hydrogen-bond donors (Lipinski definition) is 1. The summed E-state index contributed by atoms with van der Waals surface area (Å²) in [6.45, 7) is 5.27. The van der Waals surface area contributed by atoms with Gasteiger partial charge in [0.05, 0.1) is 0 Å². The van der Waals surface area contributed by atoms with Gasteiger partial charge < -0.3 is 5.32 Å². The van der Waals surface area contributed by atoms with Crippen molar-refractivity contribution in [2.75, 3.05) is 11.9 Å². The molecule has 1 unspecified atom stereocenters. The van der Waals surface area contributed by atoms with Gasteiger partial charge in [-0.05, 0) is 17.9 Å². The molecule has 18 heavy (non-hydrogen) atoms. The molecule has 1 atom stereocenters. The molecule has 2 aromatic rings. The van der Waals surface area contributed by atoms with Crippen LogP contribution in [0.1, 0.15) is 37.6 Å². The molecule has 1 heterocycles. The van der Waals surface area contributed by atoms with Crippen LogP contribution in [0.4, 0.5) is 5.13 Å². The molecule has 0 saturated heterocycles. The molecule has 2 rings (SSSR count). The summed E-state index contributed by atoms with van der Waals surface area (Å²) in [6, 6.07) is 10.6. The van der Waals surface area contributed by atoms with Crippen LogP contribution >= 0.6 is 11.5 Å². The smallest absolute Gasteiger partial charge is 0.202 e. The highest BCUT2D eigenvalue weighted by atomic mass is 32.1. The lowest BCUT2D eigenvalue weighted by Crippen LogP contribution is -2.05. The van der Waals surface area contributed by atoms with Gasteiger partial charge in [-0.2, -0.15) is 4.37 Å². The van der Waals surface area contributed by atoms with E-state index in [-0.39, 0.29) is 0 Å². The third-order valence-electron chi connectivity index (χ3n) is 3.01. The molecule has 0 spiro atoms. The van der Waals surface area contributed by atoms with Crippen LogP contribution in [-0.4, -0.2) is 15.9 Å². The molecule has 0 amide bonds. The lowest BCUT2D eigenvalue weighted by atomic mass is 9.98. The largest absolute Gasteiger partial charge is 0.360 e. The fraction of sp³-hybridized carbons (Fsp3) is 0.429. The minimum atomic E-state index is 0.567. The van der Waals surface area contributed by atoms with E-state index in [2.05, 4.69) is 58.9 Å². The number of benzene rings is 1. The standard InChI is InChI=1S/C14H19N3S/c1-3-13-16-14(18-17-13)15-10-9-11(2)12-7-5-4-6-8-12/h4-8,11H,3,9-10H2,1-2H3,(H,15,16,17). The fourth-order valence-electron chi connectivity index (χ4n) is 1.81. The third kappa shape index (κ3) is 3.53. The van der Waals surface area contributed by atoms with Gasteiger partial charge in [0.25, 0.3) is 0 Å². The molecule has 1 aromatic heterocycles. The summed E-state index contributed by atoms with van der Waals surface area (Å²) in [7, 11) is 0. The van der Waals surface area contributed by atoms with E-state index in [4.69, 9.17) is 0 Å². The van der Waals surface area contributed by atoms with Crippen molar-refractivity contribution in [3.63, 3.8) is 0 Å². The average molecular weight is 261 g/mol. The second kappa shape index (κ2) is 6.50. The van der Waals surface area contributed by atoms with Crippen LogP contribution in [0.5, 0.6) is 0 Å². The van der Waals surface area contributed by atoms with Gasteiger partial charge in [0.1, 0.15) is 5.82 Å². The minimum absolute atomic E-state index is 0.567. The van der Waals surface area contributed by atoms with Crippen LogP contribution in [0, 0.1) is 0 Å². The Bertz CT molecular complexity index is 467.